The highest BCUT2D eigenvalue weighted by atomic mass is 32.1. The van der Waals surface area contributed by atoms with Gasteiger partial charge in [0.05, 0.1) is 16.9 Å². The Morgan fingerprint density at radius 2 is 1.97 bits per heavy atom. The highest BCUT2D eigenvalue weighted by Crippen LogP contribution is 2.43. The summed E-state index contributed by atoms with van der Waals surface area (Å²) in [6.07, 6.45) is 4.94. The SMILES string of the molecule is Cc1sc2cnccc2c1-c1cc2c(-c3cnn(C4CCC(OC(=O)C(F)(F)F)CC4)c3)cnc(N)c2o1. The Morgan fingerprint density at radius 3 is 2.74 bits per heavy atom. The number of halogens is 3. The van der Waals surface area contributed by atoms with E-state index in [0.717, 1.165) is 37.0 Å². The smallest absolute Gasteiger partial charge is 0.456 e. The van der Waals surface area contributed by atoms with Crippen molar-refractivity contribution in [1.82, 2.24) is 19.7 Å². The van der Waals surface area contributed by atoms with E-state index in [2.05, 4.69) is 19.8 Å². The first-order chi connectivity index (χ1) is 18.2. The van der Waals surface area contributed by atoms with Crippen molar-refractivity contribution >= 4 is 44.2 Å². The van der Waals surface area contributed by atoms with Crippen molar-refractivity contribution in [2.75, 3.05) is 5.73 Å². The monoisotopic (exact) mass is 541 g/mol. The molecule has 1 fully saturated rings. The molecule has 0 amide bonds. The van der Waals surface area contributed by atoms with Gasteiger partial charge < -0.3 is 14.9 Å². The summed E-state index contributed by atoms with van der Waals surface area (Å²) in [5.41, 5.74) is 9.29. The molecule has 0 saturated heterocycles. The molecule has 196 valence electrons. The Morgan fingerprint density at radius 1 is 1.18 bits per heavy atom. The van der Waals surface area contributed by atoms with E-state index >= 15 is 0 Å². The topological polar surface area (TPSA) is 109 Å². The first-order valence-corrected chi connectivity index (χ1v) is 12.8. The maximum absolute atomic E-state index is 12.5. The number of alkyl halides is 3. The molecule has 5 aromatic rings. The largest absolute Gasteiger partial charge is 0.490 e. The third-order valence-electron chi connectivity index (χ3n) is 6.94. The number of nitrogens with zero attached hydrogens (tertiary/aromatic N) is 4. The van der Waals surface area contributed by atoms with Crippen molar-refractivity contribution in [3.63, 3.8) is 0 Å². The number of ether oxygens (including phenoxy) is 1. The fraction of sp³-hybridized carbons (Fsp3) is 0.308. The minimum absolute atomic E-state index is 0.0184. The number of nitrogens with two attached hydrogens (primary N) is 1. The molecule has 5 heterocycles. The maximum atomic E-state index is 12.5. The Kier molecular flexibility index (Phi) is 5.86. The van der Waals surface area contributed by atoms with Gasteiger partial charge in [-0.1, -0.05) is 0 Å². The van der Waals surface area contributed by atoms with E-state index in [4.69, 9.17) is 10.2 Å². The molecule has 8 nitrogen and oxygen atoms in total. The van der Waals surface area contributed by atoms with Gasteiger partial charge in [-0.3, -0.25) is 9.67 Å². The van der Waals surface area contributed by atoms with E-state index in [1.165, 1.54) is 0 Å². The number of furan rings is 1. The number of pyridine rings is 2. The third kappa shape index (κ3) is 4.28. The Balaban J connectivity index is 1.27. The summed E-state index contributed by atoms with van der Waals surface area (Å²) in [4.78, 5) is 20.8. The number of anilines is 1. The predicted octanol–water partition coefficient (Wildman–Crippen LogP) is 6.45. The average Bonchev–Trinajstić information content (AvgIpc) is 3.61. The number of esters is 1. The van der Waals surface area contributed by atoms with Crippen LogP contribution in [0.3, 0.4) is 0 Å². The number of hydrogen-bond acceptors (Lipinski definition) is 8. The minimum Gasteiger partial charge on any atom is -0.456 e. The lowest BCUT2D eigenvalue weighted by Crippen LogP contribution is -2.32. The Labute approximate surface area is 218 Å². The van der Waals surface area contributed by atoms with Gasteiger partial charge in [0, 0.05) is 57.1 Å². The summed E-state index contributed by atoms with van der Waals surface area (Å²) in [5, 5.41) is 6.38. The molecule has 1 aliphatic carbocycles. The first-order valence-electron chi connectivity index (χ1n) is 12.0. The standard InChI is InChI=1S/C26H22F3N5O3S/c1-13-22(17-6-7-31-11-21(17)38-13)20-8-18-19(10-32-24(30)23(18)37-20)14-9-33-34(12-14)15-2-4-16(5-3-15)36-25(35)26(27,28)29/h6-12,15-16H,2-5H2,1H3,(H2,30,32). The fourth-order valence-corrected chi connectivity index (χ4v) is 6.14. The highest BCUT2D eigenvalue weighted by molar-refractivity contribution is 7.19. The number of rotatable bonds is 4. The summed E-state index contributed by atoms with van der Waals surface area (Å²) in [5.74, 6) is -1.16. The molecule has 0 spiro atoms. The fourth-order valence-electron chi connectivity index (χ4n) is 5.10. The number of carbonyl (C=O) groups excluding carboxylic acids is 1. The summed E-state index contributed by atoms with van der Waals surface area (Å²) in [6.45, 7) is 2.04. The van der Waals surface area contributed by atoms with Crippen molar-refractivity contribution in [3.8, 4) is 22.5 Å². The van der Waals surface area contributed by atoms with E-state index in [0.29, 0.717) is 37.0 Å². The molecule has 0 atom stereocenters. The number of aromatic nitrogens is 4. The normalized spacial score (nSPS) is 18.3. The third-order valence-corrected chi connectivity index (χ3v) is 7.99. The molecule has 6 rings (SSSR count). The van der Waals surface area contributed by atoms with Crippen LogP contribution in [0.25, 0.3) is 43.5 Å². The van der Waals surface area contributed by atoms with Crippen LogP contribution in [0.5, 0.6) is 0 Å². The zero-order chi connectivity index (χ0) is 26.6. The van der Waals surface area contributed by atoms with Crippen LogP contribution in [0, 0.1) is 6.92 Å². The molecule has 1 saturated carbocycles. The number of fused-ring (bicyclic) bond motifs is 2. The maximum Gasteiger partial charge on any atom is 0.490 e. The molecule has 0 unspecified atom stereocenters. The van der Waals surface area contributed by atoms with Crippen LogP contribution in [-0.2, 0) is 9.53 Å². The lowest BCUT2D eigenvalue weighted by Gasteiger charge is -2.28. The van der Waals surface area contributed by atoms with Gasteiger partial charge in [0.15, 0.2) is 11.4 Å². The van der Waals surface area contributed by atoms with E-state index in [1.807, 2.05) is 36.1 Å². The van der Waals surface area contributed by atoms with Crippen molar-refractivity contribution in [1.29, 1.82) is 0 Å². The summed E-state index contributed by atoms with van der Waals surface area (Å²) in [6, 6.07) is 3.91. The molecule has 38 heavy (non-hydrogen) atoms. The van der Waals surface area contributed by atoms with Crippen LogP contribution in [-0.4, -0.2) is 38.0 Å². The molecule has 0 radical (unpaired) electrons. The van der Waals surface area contributed by atoms with Gasteiger partial charge in [-0.15, -0.1) is 11.3 Å². The molecule has 0 aliphatic heterocycles. The van der Waals surface area contributed by atoms with Crippen LogP contribution < -0.4 is 5.73 Å². The minimum atomic E-state index is -4.98. The second-order valence-corrected chi connectivity index (χ2v) is 10.6. The van der Waals surface area contributed by atoms with Gasteiger partial charge in [0.1, 0.15) is 11.9 Å². The second kappa shape index (κ2) is 9.12. The Hall–Kier alpha value is -3.93. The quantitative estimate of drug-likeness (QED) is 0.261. The van der Waals surface area contributed by atoms with Gasteiger partial charge in [-0.25, -0.2) is 9.78 Å². The number of hydrogen-bond donors (Lipinski definition) is 1. The summed E-state index contributed by atoms with van der Waals surface area (Å²) < 4.78 is 51.2. The number of nitrogen functional groups attached to an aromatic ring is 1. The molecule has 0 aromatic carbocycles. The molecule has 2 N–H and O–H groups in total. The van der Waals surface area contributed by atoms with E-state index < -0.39 is 18.2 Å². The van der Waals surface area contributed by atoms with Gasteiger partial charge >= 0.3 is 12.1 Å². The van der Waals surface area contributed by atoms with Crippen LogP contribution >= 0.6 is 11.3 Å². The van der Waals surface area contributed by atoms with E-state index in [9.17, 15) is 18.0 Å². The second-order valence-electron chi connectivity index (χ2n) is 9.36. The zero-order valence-electron chi connectivity index (χ0n) is 20.2. The zero-order valence-corrected chi connectivity index (χ0v) is 21.0. The van der Waals surface area contributed by atoms with Crippen LogP contribution in [0.4, 0.5) is 19.0 Å². The lowest BCUT2D eigenvalue weighted by atomic mass is 9.93. The van der Waals surface area contributed by atoms with Crippen LogP contribution in [0.15, 0.2) is 47.5 Å². The van der Waals surface area contributed by atoms with Gasteiger partial charge in [0.2, 0.25) is 0 Å². The lowest BCUT2D eigenvalue weighted by molar-refractivity contribution is -0.206. The molecular formula is C26H22F3N5O3S. The van der Waals surface area contributed by atoms with Crippen molar-refractivity contribution in [2.24, 2.45) is 0 Å². The molecule has 12 heteroatoms. The van der Waals surface area contributed by atoms with E-state index in [1.54, 1.807) is 29.9 Å². The first kappa shape index (κ1) is 24.4. The molecule has 0 bridgehead atoms. The average molecular weight is 542 g/mol. The molecular weight excluding hydrogens is 519 g/mol. The molecule has 1 aliphatic rings. The van der Waals surface area contributed by atoms with Crippen LogP contribution in [0.1, 0.15) is 36.6 Å². The van der Waals surface area contributed by atoms with Crippen molar-refractivity contribution < 1.29 is 27.1 Å². The highest BCUT2D eigenvalue weighted by Gasteiger charge is 2.42. The predicted molar refractivity (Wildman–Crippen MR) is 136 cm³/mol. The number of carbonyl (C=O) groups is 1. The van der Waals surface area contributed by atoms with Crippen molar-refractivity contribution in [2.45, 2.75) is 50.9 Å². The van der Waals surface area contributed by atoms with Gasteiger partial charge in [-0.2, -0.15) is 18.3 Å². The van der Waals surface area contributed by atoms with Gasteiger partial charge in [0.25, 0.3) is 0 Å². The van der Waals surface area contributed by atoms with E-state index in [-0.39, 0.29) is 11.9 Å². The number of aryl methyl sites for hydroxylation is 1. The van der Waals surface area contributed by atoms with Crippen molar-refractivity contribution in [3.05, 3.63) is 48.0 Å². The Bertz CT molecular complexity index is 1660. The van der Waals surface area contributed by atoms with Crippen LogP contribution in [0.2, 0.25) is 0 Å². The number of thiophene rings is 1. The van der Waals surface area contributed by atoms with Gasteiger partial charge in [-0.05, 0) is 44.7 Å². The summed E-state index contributed by atoms with van der Waals surface area (Å²) >= 11 is 1.65. The summed E-state index contributed by atoms with van der Waals surface area (Å²) in [7, 11) is 0. The molecule has 5 aromatic heterocycles.